The Morgan fingerprint density at radius 2 is 1.88 bits per heavy atom. The summed E-state index contributed by atoms with van der Waals surface area (Å²) in [6.07, 6.45) is 3.87. The molecule has 1 aromatic heterocycles. The van der Waals surface area contributed by atoms with E-state index in [1.165, 1.54) is 0 Å². The zero-order valence-corrected chi connectivity index (χ0v) is 13.5. The minimum atomic E-state index is -0.298. The molecule has 6 heteroatoms. The summed E-state index contributed by atoms with van der Waals surface area (Å²) in [5.74, 6) is 0.805. The van der Waals surface area contributed by atoms with Gasteiger partial charge in [-0.15, -0.1) is 0 Å². The van der Waals surface area contributed by atoms with E-state index in [-0.39, 0.29) is 6.03 Å². The minimum Gasteiger partial charge on any atom is -0.494 e. The number of hydrogen-bond acceptors (Lipinski definition) is 3. The van der Waals surface area contributed by atoms with Crippen molar-refractivity contribution in [2.75, 3.05) is 17.2 Å². The van der Waals surface area contributed by atoms with Gasteiger partial charge >= 0.3 is 6.03 Å². The van der Waals surface area contributed by atoms with E-state index in [1.807, 2.05) is 42.5 Å². The van der Waals surface area contributed by atoms with Crippen LogP contribution in [0.2, 0.25) is 0 Å². The highest BCUT2D eigenvalue weighted by atomic mass is 16.5. The van der Waals surface area contributed by atoms with Crippen molar-refractivity contribution < 1.29 is 9.53 Å². The highest BCUT2D eigenvalue weighted by molar-refractivity contribution is 6.00. The van der Waals surface area contributed by atoms with Crippen molar-refractivity contribution in [1.29, 1.82) is 0 Å². The number of hydrogen-bond donors (Lipinski definition) is 3. The van der Waals surface area contributed by atoms with Crippen LogP contribution in [0.5, 0.6) is 5.75 Å². The lowest BCUT2D eigenvalue weighted by atomic mass is 10.2. The van der Waals surface area contributed by atoms with E-state index in [0.29, 0.717) is 18.0 Å². The molecule has 0 fully saturated rings. The Labute approximate surface area is 140 Å². The number of rotatable bonds is 6. The summed E-state index contributed by atoms with van der Waals surface area (Å²) in [7, 11) is 0. The van der Waals surface area contributed by atoms with E-state index < -0.39 is 0 Å². The molecule has 0 saturated heterocycles. The SMILES string of the molecule is CCCCOc1ccc(NC(=O)Nc2ccc3cn[nH]c3c2)cc1. The number of urea groups is 1. The van der Waals surface area contributed by atoms with Gasteiger partial charge < -0.3 is 15.4 Å². The molecule has 3 aromatic rings. The highest BCUT2D eigenvalue weighted by Crippen LogP contribution is 2.18. The van der Waals surface area contributed by atoms with Crippen LogP contribution in [0.25, 0.3) is 10.9 Å². The van der Waals surface area contributed by atoms with Gasteiger partial charge in [0.1, 0.15) is 5.75 Å². The lowest BCUT2D eigenvalue weighted by molar-refractivity contribution is 0.262. The van der Waals surface area contributed by atoms with Gasteiger partial charge in [0.2, 0.25) is 0 Å². The molecule has 0 atom stereocenters. The molecule has 0 aliphatic carbocycles. The first-order valence-corrected chi connectivity index (χ1v) is 7.98. The third-order valence-corrected chi connectivity index (χ3v) is 3.58. The summed E-state index contributed by atoms with van der Waals surface area (Å²) < 4.78 is 5.60. The zero-order valence-electron chi connectivity index (χ0n) is 13.5. The molecule has 0 spiro atoms. The molecule has 6 nitrogen and oxygen atoms in total. The van der Waals surface area contributed by atoms with Crippen LogP contribution in [0.4, 0.5) is 16.2 Å². The fourth-order valence-corrected chi connectivity index (χ4v) is 2.28. The molecule has 0 aliphatic rings. The summed E-state index contributed by atoms with van der Waals surface area (Å²) in [5, 5.41) is 13.4. The maximum atomic E-state index is 12.1. The number of nitrogens with one attached hydrogen (secondary N) is 3. The van der Waals surface area contributed by atoms with Gasteiger partial charge in [-0.2, -0.15) is 5.10 Å². The normalized spacial score (nSPS) is 10.5. The number of H-pyrrole nitrogens is 1. The number of aromatic amines is 1. The number of nitrogens with zero attached hydrogens (tertiary/aromatic N) is 1. The summed E-state index contributed by atoms with van der Waals surface area (Å²) in [4.78, 5) is 12.1. The molecule has 2 aromatic carbocycles. The third-order valence-electron chi connectivity index (χ3n) is 3.58. The predicted octanol–water partition coefficient (Wildman–Crippen LogP) is 4.39. The summed E-state index contributed by atoms with van der Waals surface area (Å²) >= 11 is 0. The molecule has 0 unspecified atom stereocenters. The Morgan fingerprint density at radius 3 is 2.67 bits per heavy atom. The van der Waals surface area contributed by atoms with E-state index in [2.05, 4.69) is 27.8 Å². The average Bonchev–Trinajstić information content (AvgIpc) is 3.04. The third kappa shape index (κ3) is 4.04. The van der Waals surface area contributed by atoms with Gasteiger partial charge in [0.15, 0.2) is 0 Å². The molecule has 124 valence electrons. The van der Waals surface area contributed by atoms with E-state index in [0.717, 1.165) is 29.5 Å². The smallest absolute Gasteiger partial charge is 0.323 e. The molecule has 0 radical (unpaired) electrons. The Hall–Kier alpha value is -3.02. The zero-order chi connectivity index (χ0) is 16.8. The Morgan fingerprint density at radius 1 is 1.12 bits per heavy atom. The van der Waals surface area contributed by atoms with Crippen LogP contribution < -0.4 is 15.4 Å². The van der Waals surface area contributed by atoms with Crippen LogP contribution in [0.1, 0.15) is 19.8 Å². The van der Waals surface area contributed by atoms with Gasteiger partial charge in [-0.25, -0.2) is 4.79 Å². The second-order valence-electron chi connectivity index (χ2n) is 5.48. The number of ether oxygens (including phenoxy) is 1. The molecule has 3 rings (SSSR count). The minimum absolute atomic E-state index is 0.298. The van der Waals surface area contributed by atoms with Crippen molar-refractivity contribution in [1.82, 2.24) is 10.2 Å². The molecule has 3 N–H and O–H groups in total. The van der Waals surface area contributed by atoms with Gasteiger partial charge in [-0.1, -0.05) is 13.3 Å². The quantitative estimate of drug-likeness (QED) is 0.588. The van der Waals surface area contributed by atoms with Crippen LogP contribution in [-0.4, -0.2) is 22.8 Å². The number of aromatic nitrogens is 2. The molecule has 24 heavy (non-hydrogen) atoms. The molecule has 1 heterocycles. The fraction of sp³-hybridized carbons (Fsp3) is 0.222. The molecular formula is C18H20N4O2. The van der Waals surface area contributed by atoms with Crippen molar-refractivity contribution >= 4 is 28.3 Å². The van der Waals surface area contributed by atoms with E-state index in [4.69, 9.17) is 4.74 Å². The monoisotopic (exact) mass is 324 g/mol. The summed E-state index contributed by atoms with van der Waals surface area (Å²) in [5.41, 5.74) is 2.28. The maximum absolute atomic E-state index is 12.1. The van der Waals surface area contributed by atoms with E-state index >= 15 is 0 Å². The van der Waals surface area contributed by atoms with Crippen LogP contribution >= 0.6 is 0 Å². The average molecular weight is 324 g/mol. The number of fused-ring (bicyclic) bond motifs is 1. The second-order valence-corrected chi connectivity index (χ2v) is 5.48. The highest BCUT2D eigenvalue weighted by Gasteiger charge is 2.04. The number of carbonyl (C=O) groups is 1. The van der Waals surface area contributed by atoms with Gasteiger partial charge in [0, 0.05) is 16.8 Å². The number of unbranched alkanes of at least 4 members (excludes halogenated alkanes) is 1. The van der Waals surface area contributed by atoms with Gasteiger partial charge in [-0.3, -0.25) is 5.10 Å². The summed E-state index contributed by atoms with van der Waals surface area (Å²) in [6, 6.07) is 12.6. The predicted molar refractivity (Wildman–Crippen MR) is 95.6 cm³/mol. The molecule has 0 bridgehead atoms. The van der Waals surface area contributed by atoms with Crippen molar-refractivity contribution in [2.45, 2.75) is 19.8 Å². The lowest BCUT2D eigenvalue weighted by Crippen LogP contribution is -2.19. The molecule has 0 saturated carbocycles. The van der Waals surface area contributed by atoms with Crippen molar-refractivity contribution in [3.63, 3.8) is 0 Å². The molecular weight excluding hydrogens is 304 g/mol. The van der Waals surface area contributed by atoms with Gasteiger partial charge in [-0.05, 0) is 48.9 Å². The van der Waals surface area contributed by atoms with E-state index in [1.54, 1.807) is 6.20 Å². The van der Waals surface area contributed by atoms with Crippen LogP contribution in [-0.2, 0) is 0 Å². The number of benzene rings is 2. The Balaban J connectivity index is 1.56. The number of anilines is 2. The second kappa shape index (κ2) is 7.50. The van der Waals surface area contributed by atoms with Gasteiger partial charge in [0.25, 0.3) is 0 Å². The molecule has 0 aliphatic heterocycles. The Kier molecular flexibility index (Phi) is 4.96. The van der Waals surface area contributed by atoms with Crippen LogP contribution in [0, 0.1) is 0 Å². The largest absolute Gasteiger partial charge is 0.494 e. The van der Waals surface area contributed by atoms with Crippen LogP contribution in [0.3, 0.4) is 0 Å². The summed E-state index contributed by atoms with van der Waals surface area (Å²) in [6.45, 7) is 2.83. The first kappa shape index (κ1) is 15.9. The first-order valence-electron chi connectivity index (χ1n) is 7.98. The Bertz CT molecular complexity index is 811. The maximum Gasteiger partial charge on any atom is 0.323 e. The number of carbonyl (C=O) groups excluding carboxylic acids is 1. The topological polar surface area (TPSA) is 79.0 Å². The molecule has 2 amide bonds. The van der Waals surface area contributed by atoms with Crippen molar-refractivity contribution in [3.05, 3.63) is 48.7 Å². The number of amides is 2. The fourth-order valence-electron chi connectivity index (χ4n) is 2.28. The standard InChI is InChI=1S/C18H20N4O2/c1-2-3-10-24-16-8-6-14(7-9-16)20-18(23)21-15-5-4-13-12-19-22-17(13)11-15/h4-9,11-12H,2-3,10H2,1H3,(H,19,22)(H2,20,21,23). The van der Waals surface area contributed by atoms with Crippen LogP contribution in [0.15, 0.2) is 48.7 Å². The van der Waals surface area contributed by atoms with Crippen molar-refractivity contribution in [3.8, 4) is 5.75 Å². The van der Waals surface area contributed by atoms with Crippen molar-refractivity contribution in [2.24, 2.45) is 0 Å². The lowest BCUT2D eigenvalue weighted by Gasteiger charge is -2.09. The van der Waals surface area contributed by atoms with Gasteiger partial charge in [0.05, 0.1) is 18.3 Å². The van der Waals surface area contributed by atoms with E-state index in [9.17, 15) is 4.79 Å². The first-order chi connectivity index (χ1) is 11.7.